The lowest BCUT2D eigenvalue weighted by Gasteiger charge is -2.41. The van der Waals surface area contributed by atoms with Crippen LogP contribution in [0.25, 0.3) is 0 Å². The molecule has 1 saturated heterocycles. The van der Waals surface area contributed by atoms with E-state index >= 15 is 0 Å². The van der Waals surface area contributed by atoms with Crippen molar-refractivity contribution in [3.05, 3.63) is 0 Å². The number of hydrogen-bond acceptors (Lipinski definition) is 2. The topological polar surface area (TPSA) is 15.3 Å². The summed E-state index contributed by atoms with van der Waals surface area (Å²) in [5, 5.41) is 3.69. The standard InChI is InChI=1S/C12H24N2/c1-4-9(2)12-8-14(11-5-6-11)10(3)7-13-12/h9-13H,4-8H2,1-3H3. The Balaban J connectivity index is 1.90. The zero-order valence-electron chi connectivity index (χ0n) is 9.79. The Morgan fingerprint density at radius 3 is 2.71 bits per heavy atom. The van der Waals surface area contributed by atoms with Gasteiger partial charge in [-0.05, 0) is 25.7 Å². The molecule has 1 aliphatic carbocycles. The van der Waals surface area contributed by atoms with Crippen molar-refractivity contribution in [2.45, 2.75) is 58.2 Å². The molecule has 0 radical (unpaired) electrons. The Labute approximate surface area is 88.1 Å². The highest BCUT2D eigenvalue weighted by atomic mass is 15.3. The van der Waals surface area contributed by atoms with Crippen LogP contribution < -0.4 is 5.32 Å². The fourth-order valence-electron chi connectivity index (χ4n) is 2.49. The van der Waals surface area contributed by atoms with Crippen molar-refractivity contribution in [2.75, 3.05) is 13.1 Å². The largest absolute Gasteiger partial charge is 0.311 e. The maximum atomic E-state index is 3.69. The highest BCUT2D eigenvalue weighted by Gasteiger charge is 2.36. The van der Waals surface area contributed by atoms with Crippen LogP contribution in [0.3, 0.4) is 0 Å². The summed E-state index contributed by atoms with van der Waals surface area (Å²) >= 11 is 0. The minimum Gasteiger partial charge on any atom is -0.311 e. The van der Waals surface area contributed by atoms with Crippen molar-refractivity contribution in [1.29, 1.82) is 0 Å². The first-order valence-electron chi connectivity index (χ1n) is 6.21. The van der Waals surface area contributed by atoms with E-state index in [1.54, 1.807) is 0 Å². The van der Waals surface area contributed by atoms with E-state index in [0.717, 1.165) is 24.0 Å². The number of nitrogens with zero attached hydrogens (tertiary/aromatic N) is 1. The molecule has 1 aliphatic heterocycles. The third-order valence-corrected chi connectivity index (χ3v) is 4.00. The summed E-state index contributed by atoms with van der Waals surface area (Å²) in [4.78, 5) is 2.73. The van der Waals surface area contributed by atoms with Crippen molar-refractivity contribution >= 4 is 0 Å². The Bertz CT molecular complexity index is 189. The number of piperazine rings is 1. The molecule has 0 aromatic rings. The molecule has 2 nitrogen and oxygen atoms in total. The zero-order valence-corrected chi connectivity index (χ0v) is 9.79. The number of hydrogen-bond donors (Lipinski definition) is 1. The van der Waals surface area contributed by atoms with E-state index in [9.17, 15) is 0 Å². The van der Waals surface area contributed by atoms with Crippen LogP contribution in [0.1, 0.15) is 40.0 Å². The smallest absolute Gasteiger partial charge is 0.0221 e. The number of rotatable bonds is 3. The normalized spacial score (nSPS) is 37.1. The van der Waals surface area contributed by atoms with Gasteiger partial charge in [0.2, 0.25) is 0 Å². The lowest BCUT2D eigenvalue weighted by Crippen LogP contribution is -2.57. The Morgan fingerprint density at radius 2 is 2.14 bits per heavy atom. The molecule has 1 heterocycles. The predicted molar refractivity (Wildman–Crippen MR) is 60.4 cm³/mol. The Hall–Kier alpha value is -0.0800. The molecule has 1 N–H and O–H groups in total. The fourth-order valence-corrected chi connectivity index (χ4v) is 2.49. The van der Waals surface area contributed by atoms with Crippen LogP contribution in [0.15, 0.2) is 0 Å². The van der Waals surface area contributed by atoms with Crippen molar-refractivity contribution in [3.63, 3.8) is 0 Å². The highest BCUT2D eigenvalue weighted by molar-refractivity contribution is 4.94. The molecule has 0 amide bonds. The van der Waals surface area contributed by atoms with Gasteiger partial charge in [-0.1, -0.05) is 20.3 Å². The minimum absolute atomic E-state index is 0.733. The van der Waals surface area contributed by atoms with Crippen LogP contribution in [0.2, 0.25) is 0 Å². The third kappa shape index (κ3) is 2.12. The summed E-state index contributed by atoms with van der Waals surface area (Å²) in [6, 6.07) is 2.42. The second kappa shape index (κ2) is 4.19. The van der Waals surface area contributed by atoms with Crippen LogP contribution in [-0.4, -0.2) is 36.1 Å². The Morgan fingerprint density at radius 1 is 1.43 bits per heavy atom. The van der Waals surface area contributed by atoms with Crippen LogP contribution in [0.5, 0.6) is 0 Å². The molecule has 2 rings (SSSR count). The van der Waals surface area contributed by atoms with Gasteiger partial charge < -0.3 is 5.32 Å². The molecule has 3 atom stereocenters. The molecule has 3 unspecified atom stereocenters. The van der Waals surface area contributed by atoms with E-state index in [-0.39, 0.29) is 0 Å². The third-order valence-electron chi connectivity index (χ3n) is 4.00. The van der Waals surface area contributed by atoms with Gasteiger partial charge in [0.05, 0.1) is 0 Å². The average molecular weight is 196 g/mol. The maximum absolute atomic E-state index is 3.69. The molecule has 0 aromatic carbocycles. The van der Waals surface area contributed by atoms with Crippen LogP contribution in [0.4, 0.5) is 0 Å². The molecule has 0 aromatic heterocycles. The summed E-state index contributed by atoms with van der Waals surface area (Å²) in [6.07, 6.45) is 4.18. The molecular formula is C12H24N2. The van der Waals surface area contributed by atoms with E-state index < -0.39 is 0 Å². The lowest BCUT2D eigenvalue weighted by molar-refractivity contribution is 0.111. The van der Waals surface area contributed by atoms with E-state index in [2.05, 4.69) is 31.0 Å². The van der Waals surface area contributed by atoms with Crippen molar-refractivity contribution < 1.29 is 0 Å². The van der Waals surface area contributed by atoms with Crippen molar-refractivity contribution in [3.8, 4) is 0 Å². The SMILES string of the molecule is CCC(C)C1CN(C2CC2)C(C)CN1. The van der Waals surface area contributed by atoms with E-state index in [1.165, 1.54) is 32.4 Å². The summed E-state index contributed by atoms with van der Waals surface area (Å²) in [5.74, 6) is 0.823. The minimum atomic E-state index is 0.733. The molecule has 0 spiro atoms. The second-order valence-electron chi connectivity index (χ2n) is 5.18. The van der Waals surface area contributed by atoms with Crippen molar-refractivity contribution in [1.82, 2.24) is 10.2 Å². The van der Waals surface area contributed by atoms with Gasteiger partial charge in [-0.2, -0.15) is 0 Å². The summed E-state index contributed by atoms with van der Waals surface area (Å²) in [5.41, 5.74) is 0. The first kappa shape index (κ1) is 10.4. The molecule has 2 heteroatoms. The fraction of sp³-hybridized carbons (Fsp3) is 1.00. The van der Waals surface area contributed by atoms with Gasteiger partial charge in [-0.3, -0.25) is 4.90 Å². The average Bonchev–Trinajstić information content (AvgIpc) is 3.01. The van der Waals surface area contributed by atoms with E-state index in [0.29, 0.717) is 0 Å². The molecule has 2 fully saturated rings. The van der Waals surface area contributed by atoms with Crippen LogP contribution in [0, 0.1) is 5.92 Å². The summed E-state index contributed by atoms with van der Waals surface area (Å²) < 4.78 is 0. The van der Waals surface area contributed by atoms with Gasteiger partial charge in [0.25, 0.3) is 0 Å². The van der Waals surface area contributed by atoms with Crippen LogP contribution >= 0.6 is 0 Å². The van der Waals surface area contributed by atoms with Gasteiger partial charge in [0.15, 0.2) is 0 Å². The second-order valence-corrected chi connectivity index (χ2v) is 5.18. The summed E-state index contributed by atoms with van der Waals surface area (Å²) in [7, 11) is 0. The predicted octanol–water partition coefficient (Wildman–Crippen LogP) is 1.86. The Kier molecular flexibility index (Phi) is 3.13. The monoisotopic (exact) mass is 196 g/mol. The highest BCUT2D eigenvalue weighted by Crippen LogP contribution is 2.30. The quantitative estimate of drug-likeness (QED) is 0.741. The molecule has 2 aliphatic rings. The summed E-state index contributed by atoms with van der Waals surface area (Å²) in [6.45, 7) is 9.50. The lowest BCUT2D eigenvalue weighted by atomic mass is 9.95. The molecular weight excluding hydrogens is 172 g/mol. The van der Waals surface area contributed by atoms with Gasteiger partial charge in [-0.25, -0.2) is 0 Å². The van der Waals surface area contributed by atoms with Gasteiger partial charge >= 0.3 is 0 Å². The first-order valence-corrected chi connectivity index (χ1v) is 6.21. The van der Waals surface area contributed by atoms with E-state index in [1.807, 2.05) is 0 Å². The van der Waals surface area contributed by atoms with Gasteiger partial charge in [0, 0.05) is 31.2 Å². The van der Waals surface area contributed by atoms with Gasteiger partial charge in [0.1, 0.15) is 0 Å². The van der Waals surface area contributed by atoms with Crippen LogP contribution in [-0.2, 0) is 0 Å². The van der Waals surface area contributed by atoms with E-state index in [4.69, 9.17) is 0 Å². The maximum Gasteiger partial charge on any atom is 0.0221 e. The molecule has 1 saturated carbocycles. The molecule has 0 bridgehead atoms. The molecule has 14 heavy (non-hydrogen) atoms. The van der Waals surface area contributed by atoms with Gasteiger partial charge in [-0.15, -0.1) is 0 Å². The zero-order chi connectivity index (χ0) is 10.1. The molecule has 82 valence electrons. The van der Waals surface area contributed by atoms with Crippen molar-refractivity contribution in [2.24, 2.45) is 5.92 Å². The number of nitrogens with one attached hydrogen (secondary N) is 1. The first-order chi connectivity index (χ1) is 6.72.